The van der Waals surface area contributed by atoms with E-state index in [1.165, 1.54) is 6.07 Å². The van der Waals surface area contributed by atoms with Gasteiger partial charge in [0, 0.05) is 36.3 Å². The largest absolute Gasteiger partial charge is 0.460 e. The van der Waals surface area contributed by atoms with Crippen molar-refractivity contribution >= 4 is 17.3 Å². The predicted octanol–water partition coefficient (Wildman–Crippen LogP) is 5.51. The number of aromatic amines is 1. The summed E-state index contributed by atoms with van der Waals surface area (Å²) in [6.45, 7) is 1.40. The summed E-state index contributed by atoms with van der Waals surface area (Å²) < 4.78 is 45.1. The maximum absolute atomic E-state index is 13.1. The lowest BCUT2D eigenvalue weighted by molar-refractivity contribution is -0.137. The van der Waals surface area contributed by atoms with E-state index in [-0.39, 0.29) is 21.9 Å². The number of fused-ring (bicyclic) bond motifs is 1. The number of hydrogen-bond donors (Lipinski definition) is 2. The number of rotatable bonds is 4. The number of anilines is 1. The average molecular weight is 501 g/mol. The molecule has 10 heteroatoms. The Kier molecular flexibility index (Phi) is 5.90. The topological polar surface area (TPSA) is 88.1 Å². The summed E-state index contributed by atoms with van der Waals surface area (Å²) in [6, 6.07) is 13.5. The van der Waals surface area contributed by atoms with Crippen LogP contribution in [-0.2, 0) is 25.7 Å². The van der Waals surface area contributed by atoms with E-state index in [0.717, 1.165) is 23.4 Å². The molecule has 2 aromatic carbocycles. The maximum atomic E-state index is 13.1. The van der Waals surface area contributed by atoms with E-state index < -0.39 is 11.7 Å². The third kappa shape index (κ3) is 4.82. The van der Waals surface area contributed by atoms with Gasteiger partial charge in [-0.15, -0.1) is 0 Å². The molecule has 0 spiro atoms. The van der Waals surface area contributed by atoms with Crippen molar-refractivity contribution in [2.45, 2.75) is 25.7 Å². The van der Waals surface area contributed by atoms with Gasteiger partial charge in [0.05, 0.1) is 28.4 Å². The van der Waals surface area contributed by atoms with Crippen LogP contribution in [0.15, 0.2) is 63.8 Å². The van der Waals surface area contributed by atoms with Gasteiger partial charge in [-0.05, 0) is 54.6 Å². The van der Waals surface area contributed by atoms with Crippen LogP contribution >= 0.6 is 11.6 Å². The fourth-order valence-corrected chi connectivity index (χ4v) is 4.32. The zero-order valence-corrected chi connectivity index (χ0v) is 19.1. The number of nitrogens with zero attached hydrogens (tertiary/aromatic N) is 2. The van der Waals surface area contributed by atoms with E-state index in [9.17, 15) is 18.0 Å². The molecule has 0 aliphatic carbocycles. The van der Waals surface area contributed by atoms with Gasteiger partial charge >= 0.3 is 6.18 Å². The molecule has 0 unspecified atom stereocenters. The van der Waals surface area contributed by atoms with Gasteiger partial charge in [0.25, 0.3) is 5.56 Å². The maximum Gasteiger partial charge on any atom is 0.416 e. The van der Waals surface area contributed by atoms with Crippen LogP contribution in [0.4, 0.5) is 18.9 Å². The van der Waals surface area contributed by atoms with E-state index in [4.69, 9.17) is 21.8 Å². The summed E-state index contributed by atoms with van der Waals surface area (Å²) in [6.07, 6.45) is -3.90. The van der Waals surface area contributed by atoms with Crippen molar-refractivity contribution in [3.05, 3.63) is 92.6 Å². The molecule has 1 aliphatic heterocycles. The van der Waals surface area contributed by atoms with E-state index in [2.05, 4.69) is 9.97 Å². The van der Waals surface area contributed by atoms with Gasteiger partial charge in [-0.25, -0.2) is 4.98 Å². The van der Waals surface area contributed by atoms with Crippen LogP contribution < -0.4 is 11.3 Å². The minimum absolute atomic E-state index is 0.167. The van der Waals surface area contributed by atoms with Gasteiger partial charge in [-0.1, -0.05) is 11.6 Å². The van der Waals surface area contributed by atoms with Crippen LogP contribution in [0.2, 0.25) is 5.02 Å². The van der Waals surface area contributed by atoms with Crippen molar-refractivity contribution in [2.24, 2.45) is 0 Å². The van der Waals surface area contributed by atoms with Crippen LogP contribution in [0.5, 0.6) is 0 Å². The highest BCUT2D eigenvalue weighted by atomic mass is 35.5. The van der Waals surface area contributed by atoms with Crippen LogP contribution in [0.25, 0.3) is 22.7 Å². The van der Waals surface area contributed by atoms with E-state index in [0.29, 0.717) is 48.9 Å². The normalized spacial score (nSPS) is 14.2. The molecule has 0 saturated carbocycles. The molecule has 0 atom stereocenters. The molecule has 180 valence electrons. The quantitative estimate of drug-likeness (QED) is 0.361. The average Bonchev–Trinajstić information content (AvgIpc) is 3.27. The number of halogens is 4. The second-order valence-corrected chi connectivity index (χ2v) is 8.79. The highest BCUT2D eigenvalue weighted by Gasteiger charge is 2.31. The van der Waals surface area contributed by atoms with Gasteiger partial charge < -0.3 is 15.1 Å². The summed E-state index contributed by atoms with van der Waals surface area (Å²) >= 11 is 6.13. The first-order valence-electron chi connectivity index (χ1n) is 10.8. The summed E-state index contributed by atoms with van der Waals surface area (Å²) in [7, 11) is 0. The fraction of sp³-hybridized carbons (Fsp3) is 0.200. The molecule has 0 saturated heterocycles. The Morgan fingerprint density at radius 2 is 1.89 bits per heavy atom. The van der Waals surface area contributed by atoms with Crippen molar-refractivity contribution in [1.82, 2.24) is 14.9 Å². The standard InChI is InChI=1S/C25H20ClF3N4O2/c26-20-7-3-15(25(27,28)29)11-18(20)22-8-6-17(35-22)12-33-10-9-21-19(13-33)24(34)32-23(31-21)14-1-4-16(30)5-2-14/h1-8,11H,9-10,12-13,30H2,(H,31,32,34). The zero-order chi connectivity index (χ0) is 24.7. The second kappa shape index (κ2) is 8.90. The molecule has 3 N–H and O–H groups in total. The van der Waals surface area contributed by atoms with Gasteiger partial charge in [0.15, 0.2) is 0 Å². The molecule has 35 heavy (non-hydrogen) atoms. The van der Waals surface area contributed by atoms with Crippen molar-refractivity contribution in [1.29, 1.82) is 0 Å². The van der Waals surface area contributed by atoms with E-state index in [1.54, 1.807) is 36.4 Å². The molecule has 4 aromatic rings. The van der Waals surface area contributed by atoms with Crippen LogP contribution in [-0.4, -0.2) is 21.4 Å². The Labute approximate surface area is 203 Å². The van der Waals surface area contributed by atoms with E-state index in [1.807, 2.05) is 4.90 Å². The van der Waals surface area contributed by atoms with Crippen molar-refractivity contribution in [3.8, 4) is 22.7 Å². The fourth-order valence-electron chi connectivity index (χ4n) is 4.11. The number of alkyl halides is 3. The van der Waals surface area contributed by atoms with Gasteiger partial charge in [0.2, 0.25) is 0 Å². The van der Waals surface area contributed by atoms with Crippen LogP contribution in [0.3, 0.4) is 0 Å². The van der Waals surface area contributed by atoms with Crippen LogP contribution in [0, 0.1) is 0 Å². The molecule has 2 aromatic heterocycles. The summed E-state index contributed by atoms with van der Waals surface area (Å²) in [5.74, 6) is 1.30. The predicted molar refractivity (Wildman–Crippen MR) is 127 cm³/mol. The van der Waals surface area contributed by atoms with Crippen LogP contribution in [0.1, 0.15) is 22.6 Å². The van der Waals surface area contributed by atoms with Crippen molar-refractivity contribution in [3.63, 3.8) is 0 Å². The molecular weight excluding hydrogens is 481 g/mol. The Morgan fingerprint density at radius 1 is 1.11 bits per heavy atom. The third-order valence-electron chi connectivity index (χ3n) is 5.93. The number of nitrogen functional groups attached to an aromatic ring is 1. The Morgan fingerprint density at radius 3 is 2.63 bits per heavy atom. The van der Waals surface area contributed by atoms with E-state index >= 15 is 0 Å². The lowest BCUT2D eigenvalue weighted by atomic mass is 10.1. The Bertz CT molecular complexity index is 1440. The number of benzene rings is 2. The molecular formula is C25H20ClF3N4O2. The minimum atomic E-state index is -4.48. The number of furan rings is 1. The summed E-state index contributed by atoms with van der Waals surface area (Å²) in [4.78, 5) is 22.3. The number of nitrogens with two attached hydrogens (primary N) is 1. The minimum Gasteiger partial charge on any atom is -0.460 e. The number of aromatic nitrogens is 2. The first-order chi connectivity index (χ1) is 16.7. The molecule has 0 bridgehead atoms. The Balaban J connectivity index is 1.34. The highest BCUT2D eigenvalue weighted by molar-refractivity contribution is 6.33. The van der Waals surface area contributed by atoms with Crippen molar-refractivity contribution < 1.29 is 17.6 Å². The number of hydrogen-bond acceptors (Lipinski definition) is 5. The first kappa shape index (κ1) is 23.2. The second-order valence-electron chi connectivity index (χ2n) is 8.38. The van der Waals surface area contributed by atoms with Gasteiger partial charge in [0.1, 0.15) is 17.3 Å². The molecule has 5 rings (SSSR count). The molecule has 6 nitrogen and oxygen atoms in total. The third-order valence-corrected chi connectivity index (χ3v) is 6.26. The smallest absolute Gasteiger partial charge is 0.416 e. The highest BCUT2D eigenvalue weighted by Crippen LogP contribution is 2.36. The lowest BCUT2D eigenvalue weighted by Gasteiger charge is -2.26. The molecule has 3 heterocycles. The summed E-state index contributed by atoms with van der Waals surface area (Å²) in [5.41, 5.74) is 7.63. The molecule has 0 radical (unpaired) electrons. The molecule has 1 aliphatic rings. The molecule has 0 fully saturated rings. The first-order valence-corrected chi connectivity index (χ1v) is 11.2. The summed E-state index contributed by atoms with van der Waals surface area (Å²) in [5, 5.41) is 0.167. The van der Waals surface area contributed by atoms with Crippen molar-refractivity contribution in [2.75, 3.05) is 12.3 Å². The number of nitrogens with one attached hydrogen (secondary N) is 1. The Hall–Kier alpha value is -3.56. The molecule has 0 amide bonds. The number of H-pyrrole nitrogens is 1. The lowest BCUT2D eigenvalue weighted by Crippen LogP contribution is -2.35. The van der Waals surface area contributed by atoms with Gasteiger partial charge in [-0.3, -0.25) is 9.69 Å². The van der Waals surface area contributed by atoms with Gasteiger partial charge in [-0.2, -0.15) is 13.2 Å². The monoisotopic (exact) mass is 500 g/mol. The SMILES string of the molecule is Nc1ccc(-c2nc3c(c(=O)[nH]2)CN(Cc2ccc(-c4cc(C(F)(F)F)ccc4Cl)o2)CC3)cc1. The zero-order valence-electron chi connectivity index (χ0n) is 18.3.